The number of alkyl halides is 3. The molecule has 0 aliphatic carbocycles. The lowest BCUT2D eigenvalue weighted by Gasteiger charge is -2.08. The van der Waals surface area contributed by atoms with Gasteiger partial charge in [-0.25, -0.2) is 0 Å². The van der Waals surface area contributed by atoms with Crippen molar-refractivity contribution in [2.75, 3.05) is 12.4 Å². The fraction of sp³-hybridized carbons (Fsp3) is 0.143. The summed E-state index contributed by atoms with van der Waals surface area (Å²) in [7, 11) is 1.81. The van der Waals surface area contributed by atoms with E-state index in [2.05, 4.69) is 5.32 Å². The molecule has 2 aromatic rings. The molecule has 0 aliphatic rings. The second-order valence-electron chi connectivity index (χ2n) is 3.90. The molecule has 0 unspecified atom stereocenters. The molecule has 18 heavy (non-hydrogen) atoms. The molecule has 1 N–H and O–H groups in total. The van der Waals surface area contributed by atoms with Gasteiger partial charge in [0.05, 0.1) is 5.56 Å². The first-order chi connectivity index (χ1) is 8.50. The highest BCUT2D eigenvalue weighted by molar-refractivity contribution is 5.66. The largest absolute Gasteiger partial charge is 0.416 e. The summed E-state index contributed by atoms with van der Waals surface area (Å²) in [6, 6.07) is 12.7. The number of hydrogen-bond acceptors (Lipinski definition) is 1. The van der Waals surface area contributed by atoms with E-state index in [1.807, 2.05) is 31.3 Å². The van der Waals surface area contributed by atoms with Crippen molar-refractivity contribution in [3.63, 3.8) is 0 Å². The van der Waals surface area contributed by atoms with Crippen molar-refractivity contribution in [1.29, 1.82) is 0 Å². The maximum atomic E-state index is 12.4. The molecule has 0 saturated carbocycles. The van der Waals surface area contributed by atoms with E-state index in [0.29, 0.717) is 0 Å². The molecule has 4 heteroatoms. The Morgan fingerprint density at radius 1 is 0.778 bits per heavy atom. The van der Waals surface area contributed by atoms with E-state index in [4.69, 9.17) is 0 Å². The van der Waals surface area contributed by atoms with E-state index < -0.39 is 11.7 Å². The maximum Gasteiger partial charge on any atom is 0.416 e. The molecule has 94 valence electrons. The zero-order valence-corrected chi connectivity index (χ0v) is 9.75. The molecule has 0 aliphatic heterocycles. The summed E-state index contributed by atoms with van der Waals surface area (Å²) in [5.74, 6) is 0. The van der Waals surface area contributed by atoms with Crippen molar-refractivity contribution in [1.82, 2.24) is 0 Å². The number of hydrogen-bond donors (Lipinski definition) is 1. The zero-order valence-electron chi connectivity index (χ0n) is 9.75. The van der Waals surface area contributed by atoms with Gasteiger partial charge in [0.1, 0.15) is 0 Å². The predicted octanol–water partition coefficient (Wildman–Crippen LogP) is 4.41. The van der Waals surface area contributed by atoms with E-state index >= 15 is 0 Å². The smallest absolute Gasteiger partial charge is 0.388 e. The van der Waals surface area contributed by atoms with Crippen LogP contribution in [0, 0.1) is 0 Å². The summed E-state index contributed by atoms with van der Waals surface area (Å²) < 4.78 is 37.2. The van der Waals surface area contributed by atoms with Crippen LogP contribution < -0.4 is 5.32 Å². The first kappa shape index (κ1) is 12.5. The first-order valence-corrected chi connectivity index (χ1v) is 5.46. The van der Waals surface area contributed by atoms with Crippen molar-refractivity contribution in [3.05, 3.63) is 54.1 Å². The lowest BCUT2D eigenvalue weighted by atomic mass is 10.0. The average Bonchev–Trinajstić information content (AvgIpc) is 2.38. The summed E-state index contributed by atoms with van der Waals surface area (Å²) in [6.45, 7) is 0. The van der Waals surface area contributed by atoms with Gasteiger partial charge >= 0.3 is 6.18 Å². The molecular formula is C14H12F3N. The first-order valence-electron chi connectivity index (χ1n) is 5.46. The zero-order chi connectivity index (χ0) is 13.2. The SMILES string of the molecule is CNc1ccc(-c2ccc(C(F)(F)F)cc2)cc1. The molecule has 0 saturated heterocycles. The second-order valence-corrected chi connectivity index (χ2v) is 3.90. The topological polar surface area (TPSA) is 12.0 Å². The van der Waals surface area contributed by atoms with E-state index in [1.165, 1.54) is 12.1 Å². The standard InChI is InChI=1S/C14H12F3N/c1-18-13-8-4-11(5-9-13)10-2-6-12(7-3-10)14(15,16)17/h2-9,18H,1H3. The Balaban J connectivity index is 2.28. The Morgan fingerprint density at radius 3 is 1.61 bits per heavy atom. The molecule has 2 rings (SSSR count). The Morgan fingerprint density at radius 2 is 1.22 bits per heavy atom. The summed E-state index contributed by atoms with van der Waals surface area (Å²) in [6.07, 6.45) is -4.28. The van der Waals surface area contributed by atoms with Gasteiger partial charge in [-0.1, -0.05) is 24.3 Å². The van der Waals surface area contributed by atoms with Crippen LogP contribution in [0.15, 0.2) is 48.5 Å². The number of rotatable bonds is 2. The molecule has 0 heterocycles. The van der Waals surface area contributed by atoms with Crippen LogP contribution in [0.4, 0.5) is 18.9 Å². The van der Waals surface area contributed by atoms with Crippen molar-refractivity contribution in [2.24, 2.45) is 0 Å². The molecule has 0 amide bonds. The minimum absolute atomic E-state index is 0.627. The molecule has 0 bridgehead atoms. The Bertz CT molecular complexity index is 512. The van der Waals surface area contributed by atoms with Crippen molar-refractivity contribution in [3.8, 4) is 11.1 Å². The van der Waals surface area contributed by atoms with Gasteiger partial charge in [-0.2, -0.15) is 13.2 Å². The van der Waals surface area contributed by atoms with E-state index in [1.54, 1.807) is 0 Å². The highest BCUT2D eigenvalue weighted by Gasteiger charge is 2.29. The lowest BCUT2D eigenvalue weighted by molar-refractivity contribution is -0.137. The van der Waals surface area contributed by atoms with Crippen LogP contribution in [0.3, 0.4) is 0 Å². The third-order valence-electron chi connectivity index (χ3n) is 2.72. The third kappa shape index (κ3) is 2.64. The quantitative estimate of drug-likeness (QED) is 0.833. The summed E-state index contributed by atoms with van der Waals surface area (Å²) in [5, 5.41) is 2.99. The Kier molecular flexibility index (Phi) is 3.28. The van der Waals surface area contributed by atoms with Crippen LogP contribution in [0.25, 0.3) is 11.1 Å². The highest BCUT2D eigenvalue weighted by atomic mass is 19.4. The molecule has 0 atom stereocenters. The van der Waals surface area contributed by atoms with E-state index in [-0.39, 0.29) is 0 Å². The number of benzene rings is 2. The predicted molar refractivity (Wildman–Crippen MR) is 66.4 cm³/mol. The van der Waals surface area contributed by atoms with E-state index in [9.17, 15) is 13.2 Å². The normalized spacial score (nSPS) is 11.3. The van der Waals surface area contributed by atoms with Crippen LogP contribution >= 0.6 is 0 Å². The fourth-order valence-electron chi connectivity index (χ4n) is 1.68. The van der Waals surface area contributed by atoms with Crippen LogP contribution in [0.2, 0.25) is 0 Å². The van der Waals surface area contributed by atoms with Crippen molar-refractivity contribution < 1.29 is 13.2 Å². The molecule has 2 aromatic carbocycles. The van der Waals surface area contributed by atoms with Crippen LogP contribution in [0.1, 0.15) is 5.56 Å². The molecule has 0 fully saturated rings. The van der Waals surface area contributed by atoms with Gasteiger partial charge in [0.25, 0.3) is 0 Å². The van der Waals surface area contributed by atoms with Crippen molar-refractivity contribution >= 4 is 5.69 Å². The van der Waals surface area contributed by atoms with Gasteiger partial charge in [-0.15, -0.1) is 0 Å². The third-order valence-corrected chi connectivity index (χ3v) is 2.72. The average molecular weight is 251 g/mol. The van der Waals surface area contributed by atoms with Gasteiger partial charge in [0.15, 0.2) is 0 Å². The van der Waals surface area contributed by atoms with Gasteiger partial charge < -0.3 is 5.32 Å². The molecular weight excluding hydrogens is 239 g/mol. The lowest BCUT2D eigenvalue weighted by Crippen LogP contribution is -2.03. The van der Waals surface area contributed by atoms with Crippen LogP contribution in [-0.4, -0.2) is 7.05 Å². The van der Waals surface area contributed by atoms with E-state index in [0.717, 1.165) is 28.9 Å². The monoisotopic (exact) mass is 251 g/mol. The van der Waals surface area contributed by atoms with Gasteiger partial charge in [-0.3, -0.25) is 0 Å². The summed E-state index contributed by atoms with van der Waals surface area (Å²) in [5.41, 5.74) is 2.00. The Labute approximate surface area is 103 Å². The number of anilines is 1. The minimum atomic E-state index is -4.28. The van der Waals surface area contributed by atoms with Gasteiger partial charge in [-0.05, 0) is 35.4 Å². The molecule has 1 nitrogen and oxygen atoms in total. The van der Waals surface area contributed by atoms with Gasteiger partial charge in [0.2, 0.25) is 0 Å². The van der Waals surface area contributed by atoms with Crippen LogP contribution in [0.5, 0.6) is 0 Å². The van der Waals surface area contributed by atoms with Gasteiger partial charge in [0, 0.05) is 12.7 Å². The summed E-state index contributed by atoms with van der Waals surface area (Å²) in [4.78, 5) is 0. The highest BCUT2D eigenvalue weighted by Crippen LogP contribution is 2.31. The van der Waals surface area contributed by atoms with Crippen LogP contribution in [-0.2, 0) is 6.18 Å². The number of halogens is 3. The molecule has 0 spiro atoms. The number of nitrogens with one attached hydrogen (secondary N) is 1. The molecule has 0 aromatic heterocycles. The second kappa shape index (κ2) is 4.72. The maximum absolute atomic E-state index is 12.4. The minimum Gasteiger partial charge on any atom is -0.388 e. The summed E-state index contributed by atoms with van der Waals surface area (Å²) >= 11 is 0. The van der Waals surface area contributed by atoms with Crippen molar-refractivity contribution in [2.45, 2.75) is 6.18 Å². The Hall–Kier alpha value is -1.97. The fourth-order valence-corrected chi connectivity index (χ4v) is 1.68. The molecule has 0 radical (unpaired) electrons.